The van der Waals surface area contributed by atoms with E-state index in [4.69, 9.17) is 15.2 Å². The van der Waals surface area contributed by atoms with E-state index in [1.807, 2.05) is 37.3 Å². The van der Waals surface area contributed by atoms with E-state index in [1.165, 1.54) is 11.1 Å². The molecule has 0 bridgehead atoms. The molecule has 250 valence electrons. The summed E-state index contributed by atoms with van der Waals surface area (Å²) in [6.45, 7) is 8.87. The summed E-state index contributed by atoms with van der Waals surface area (Å²) in [7, 11) is 0. The molecule has 0 aromatic heterocycles. The number of nitrogens with two attached hydrogens (primary N) is 1. The van der Waals surface area contributed by atoms with Gasteiger partial charge in [0.25, 0.3) is 0 Å². The topological polar surface area (TPSA) is 160 Å². The van der Waals surface area contributed by atoms with Gasteiger partial charge in [-0.25, -0.2) is 9.59 Å². The maximum absolute atomic E-state index is 13.0. The normalized spacial score (nSPS) is 17.8. The Morgan fingerprint density at radius 2 is 1.78 bits per heavy atom. The Labute approximate surface area is 271 Å². The Hall–Kier alpha value is -4.12. The molecule has 5 N–H and O–H groups in total. The van der Waals surface area contributed by atoms with Crippen LogP contribution in [-0.4, -0.2) is 71.3 Å². The third kappa shape index (κ3) is 9.94. The van der Waals surface area contributed by atoms with Gasteiger partial charge in [0, 0.05) is 19.6 Å². The molecule has 1 aliphatic carbocycles. The van der Waals surface area contributed by atoms with Crippen LogP contribution >= 0.6 is 0 Å². The lowest BCUT2D eigenvalue weighted by atomic mass is 9.94. The van der Waals surface area contributed by atoms with E-state index in [0.717, 1.165) is 43.2 Å². The average molecular weight is 637 g/mol. The summed E-state index contributed by atoms with van der Waals surface area (Å²) in [5, 5.41) is 14.9. The Balaban J connectivity index is 1.22. The molecule has 2 aliphatic rings. The summed E-state index contributed by atoms with van der Waals surface area (Å²) in [5.41, 5.74) is 10.1. The predicted octanol–water partition coefficient (Wildman–Crippen LogP) is 3.73. The Bertz CT molecular complexity index is 1380. The van der Waals surface area contributed by atoms with Crippen LogP contribution in [0.3, 0.4) is 0 Å². The Morgan fingerprint density at radius 3 is 2.43 bits per heavy atom. The zero-order valence-corrected chi connectivity index (χ0v) is 27.3. The molecule has 1 unspecified atom stereocenters. The number of carbonyl (C=O) groups excluding carboxylic acids is 3. The molecular formula is C35H48N4O7. The number of aryl methyl sites for hydroxylation is 1. The first-order valence-electron chi connectivity index (χ1n) is 16.1. The summed E-state index contributed by atoms with van der Waals surface area (Å²) in [6, 6.07) is 12.1. The predicted molar refractivity (Wildman–Crippen MR) is 173 cm³/mol. The highest BCUT2D eigenvalue weighted by molar-refractivity contribution is 5.87. The number of likely N-dealkylation sites (tertiary alicyclic amines) is 1. The molecule has 0 radical (unpaired) electrons. The van der Waals surface area contributed by atoms with Gasteiger partial charge in [-0.15, -0.1) is 0 Å². The van der Waals surface area contributed by atoms with Gasteiger partial charge in [-0.05, 0) is 106 Å². The fraction of sp³-hybridized carbons (Fsp3) is 0.543. The van der Waals surface area contributed by atoms with Crippen LogP contribution in [0.1, 0.15) is 68.7 Å². The van der Waals surface area contributed by atoms with Crippen LogP contribution in [0.5, 0.6) is 5.75 Å². The van der Waals surface area contributed by atoms with Gasteiger partial charge in [0.05, 0.1) is 19.1 Å². The maximum Gasteiger partial charge on any atom is 0.408 e. The third-order valence-electron chi connectivity index (χ3n) is 8.70. The smallest absolute Gasteiger partial charge is 0.408 e. The standard InChI is InChI=1S/C35H48N4O7/c1-22-11-12-28(18-27(22)20-37-32(41)31(36)26-16-24-9-5-6-10-25(24)17-26)45-15-13-23-8-7-14-39(21-23)30(40)19-29(33(42)43)38-34(44)46-35(2,3)4/h5-6,9-12,18,23,26,29,31H,7-8,13-17,19-21,36H2,1-4H3,(H,37,41)(H,38,44)(H,42,43)/t23?,29-,31-/m0/s1. The Morgan fingerprint density at radius 1 is 1.09 bits per heavy atom. The fourth-order valence-corrected chi connectivity index (χ4v) is 6.11. The van der Waals surface area contributed by atoms with Crippen molar-refractivity contribution in [2.24, 2.45) is 17.6 Å². The zero-order chi connectivity index (χ0) is 33.4. The number of hydrogen-bond acceptors (Lipinski definition) is 7. The number of nitrogens with one attached hydrogen (secondary N) is 2. The lowest BCUT2D eigenvalue weighted by Crippen LogP contribution is -2.48. The van der Waals surface area contributed by atoms with Gasteiger partial charge in [0.2, 0.25) is 11.8 Å². The molecule has 2 aromatic rings. The quantitative estimate of drug-likeness (QED) is 0.274. The van der Waals surface area contributed by atoms with Crippen LogP contribution in [0.15, 0.2) is 42.5 Å². The molecule has 0 spiro atoms. The molecule has 1 saturated heterocycles. The second-order valence-electron chi connectivity index (χ2n) is 13.5. The molecule has 1 heterocycles. The summed E-state index contributed by atoms with van der Waals surface area (Å²) in [5.74, 6) is -0.780. The minimum Gasteiger partial charge on any atom is -0.494 e. The van der Waals surface area contributed by atoms with Gasteiger partial charge < -0.3 is 35.8 Å². The largest absolute Gasteiger partial charge is 0.494 e. The first-order valence-corrected chi connectivity index (χ1v) is 16.1. The number of amides is 3. The summed E-state index contributed by atoms with van der Waals surface area (Å²) in [4.78, 5) is 51.3. The van der Waals surface area contributed by atoms with Crippen molar-refractivity contribution in [2.45, 2.75) is 90.4 Å². The summed E-state index contributed by atoms with van der Waals surface area (Å²) < 4.78 is 11.2. The number of carboxylic acid groups (broad SMARTS) is 1. The summed E-state index contributed by atoms with van der Waals surface area (Å²) >= 11 is 0. The minimum atomic E-state index is -1.37. The van der Waals surface area contributed by atoms with Crippen molar-refractivity contribution in [3.8, 4) is 5.75 Å². The monoisotopic (exact) mass is 636 g/mol. The van der Waals surface area contributed by atoms with Crippen LogP contribution < -0.4 is 21.1 Å². The highest BCUT2D eigenvalue weighted by atomic mass is 16.6. The number of rotatable bonds is 12. The summed E-state index contributed by atoms with van der Waals surface area (Å²) in [6.07, 6.45) is 2.87. The van der Waals surface area contributed by atoms with Crippen molar-refractivity contribution in [1.82, 2.24) is 15.5 Å². The van der Waals surface area contributed by atoms with Gasteiger partial charge >= 0.3 is 12.1 Å². The lowest BCUT2D eigenvalue weighted by Gasteiger charge is -2.33. The average Bonchev–Trinajstić information content (AvgIpc) is 3.44. The second-order valence-corrected chi connectivity index (χ2v) is 13.5. The molecule has 4 rings (SSSR count). The Kier molecular flexibility index (Phi) is 11.7. The SMILES string of the molecule is Cc1ccc(OCCC2CCCN(C(=O)C[C@H](NC(=O)OC(C)(C)C)C(=O)O)C2)cc1CNC(=O)[C@@H](N)C1Cc2ccccc2C1. The van der Waals surface area contributed by atoms with E-state index in [2.05, 4.69) is 22.8 Å². The maximum atomic E-state index is 13.0. The zero-order valence-electron chi connectivity index (χ0n) is 27.3. The van der Waals surface area contributed by atoms with Gasteiger partial charge in [-0.1, -0.05) is 30.3 Å². The van der Waals surface area contributed by atoms with Crippen LogP contribution in [0.4, 0.5) is 4.79 Å². The number of fused-ring (bicyclic) bond motifs is 1. The van der Waals surface area contributed by atoms with E-state index >= 15 is 0 Å². The molecule has 3 atom stereocenters. The van der Waals surface area contributed by atoms with E-state index in [1.54, 1.807) is 25.7 Å². The first-order chi connectivity index (χ1) is 21.8. The van der Waals surface area contributed by atoms with Gasteiger partial charge in [0.1, 0.15) is 17.4 Å². The van der Waals surface area contributed by atoms with Crippen LogP contribution in [-0.2, 0) is 38.5 Å². The van der Waals surface area contributed by atoms with E-state index in [-0.39, 0.29) is 30.1 Å². The molecule has 0 saturated carbocycles. The highest BCUT2D eigenvalue weighted by Gasteiger charge is 2.32. The van der Waals surface area contributed by atoms with E-state index in [0.29, 0.717) is 32.0 Å². The van der Waals surface area contributed by atoms with Gasteiger partial charge in [-0.2, -0.15) is 0 Å². The van der Waals surface area contributed by atoms with Crippen molar-refractivity contribution in [3.05, 3.63) is 64.7 Å². The first kappa shape index (κ1) is 34.7. The molecule has 11 heteroatoms. The van der Waals surface area contributed by atoms with Crippen molar-refractivity contribution in [2.75, 3.05) is 19.7 Å². The lowest BCUT2D eigenvalue weighted by molar-refractivity contribution is -0.144. The number of carbonyl (C=O) groups is 4. The number of benzene rings is 2. The third-order valence-corrected chi connectivity index (χ3v) is 8.70. The van der Waals surface area contributed by atoms with Crippen molar-refractivity contribution < 1.29 is 33.8 Å². The van der Waals surface area contributed by atoms with Crippen molar-refractivity contribution in [3.63, 3.8) is 0 Å². The van der Waals surface area contributed by atoms with Gasteiger partial charge in [0.15, 0.2) is 0 Å². The molecule has 2 aromatic carbocycles. The number of alkyl carbamates (subject to hydrolysis) is 1. The molecule has 11 nitrogen and oxygen atoms in total. The molecule has 46 heavy (non-hydrogen) atoms. The fourth-order valence-electron chi connectivity index (χ4n) is 6.11. The van der Waals surface area contributed by atoms with Gasteiger partial charge in [-0.3, -0.25) is 9.59 Å². The minimum absolute atomic E-state index is 0.0895. The number of ether oxygens (including phenoxy) is 2. The van der Waals surface area contributed by atoms with E-state index in [9.17, 15) is 24.3 Å². The second kappa shape index (κ2) is 15.4. The van der Waals surface area contributed by atoms with Crippen LogP contribution in [0.25, 0.3) is 0 Å². The number of nitrogens with zero attached hydrogens (tertiary/aromatic N) is 1. The molecular weight excluding hydrogens is 588 g/mol. The molecule has 3 amide bonds. The number of aliphatic carboxylic acids is 1. The molecule has 1 fully saturated rings. The highest BCUT2D eigenvalue weighted by Crippen LogP contribution is 2.28. The number of hydrogen-bond donors (Lipinski definition) is 4. The van der Waals surface area contributed by atoms with E-state index < -0.39 is 29.7 Å². The van der Waals surface area contributed by atoms with Crippen LogP contribution in [0.2, 0.25) is 0 Å². The molecule has 1 aliphatic heterocycles. The number of carboxylic acids is 1. The van der Waals surface area contributed by atoms with Crippen molar-refractivity contribution in [1.29, 1.82) is 0 Å². The van der Waals surface area contributed by atoms with Crippen molar-refractivity contribution >= 4 is 23.9 Å². The number of piperidine rings is 1. The van der Waals surface area contributed by atoms with Crippen LogP contribution in [0, 0.1) is 18.8 Å².